The Morgan fingerprint density at radius 1 is 0.947 bits per heavy atom. The van der Waals surface area contributed by atoms with Gasteiger partial charge in [-0.05, 0) is 29.8 Å². The van der Waals surface area contributed by atoms with Crippen molar-refractivity contribution in [2.45, 2.75) is 6.42 Å². The molecule has 0 amide bonds. The van der Waals surface area contributed by atoms with Crippen LogP contribution < -0.4 is 0 Å². The Morgan fingerprint density at radius 3 is 2.16 bits per heavy atom. The number of carbonyl (C=O) groups excluding carboxylic acids is 1. The van der Waals surface area contributed by atoms with E-state index < -0.39 is 23.2 Å². The van der Waals surface area contributed by atoms with Gasteiger partial charge in [-0.3, -0.25) is 4.79 Å². The quantitative estimate of drug-likeness (QED) is 0.768. The van der Waals surface area contributed by atoms with E-state index in [1.165, 1.54) is 18.2 Å². The fourth-order valence-corrected chi connectivity index (χ4v) is 2.15. The summed E-state index contributed by atoms with van der Waals surface area (Å²) in [6.07, 6.45) is -0.0657. The minimum absolute atomic E-state index is 0.0475. The molecule has 98 valence electrons. The van der Waals surface area contributed by atoms with Crippen LogP contribution in [0.15, 0.2) is 40.9 Å². The van der Waals surface area contributed by atoms with E-state index in [9.17, 15) is 18.0 Å². The molecule has 19 heavy (non-hydrogen) atoms. The molecule has 0 N–H and O–H groups in total. The number of benzene rings is 2. The molecule has 0 saturated carbocycles. The number of carbonyl (C=O) groups is 1. The minimum Gasteiger partial charge on any atom is -0.294 e. The Labute approximate surface area is 116 Å². The van der Waals surface area contributed by atoms with Gasteiger partial charge in [0.25, 0.3) is 0 Å². The first-order valence-corrected chi connectivity index (χ1v) is 6.18. The maximum atomic E-state index is 13.0. The zero-order chi connectivity index (χ0) is 14.0. The highest BCUT2D eigenvalue weighted by molar-refractivity contribution is 9.10. The van der Waals surface area contributed by atoms with Crippen LogP contribution in [0.4, 0.5) is 13.2 Å². The van der Waals surface area contributed by atoms with E-state index in [0.29, 0.717) is 16.1 Å². The van der Waals surface area contributed by atoms with Crippen LogP contribution in [0.25, 0.3) is 0 Å². The van der Waals surface area contributed by atoms with Gasteiger partial charge in [-0.15, -0.1) is 0 Å². The first kappa shape index (κ1) is 13.8. The van der Waals surface area contributed by atoms with Gasteiger partial charge >= 0.3 is 0 Å². The second kappa shape index (κ2) is 5.57. The smallest absolute Gasteiger partial charge is 0.167 e. The molecule has 0 saturated heterocycles. The van der Waals surface area contributed by atoms with Crippen LogP contribution in [0.3, 0.4) is 0 Å². The first-order valence-electron chi connectivity index (χ1n) is 5.39. The molecular formula is C14H8BrF3O. The van der Waals surface area contributed by atoms with Gasteiger partial charge in [-0.1, -0.05) is 22.0 Å². The molecule has 0 aliphatic heterocycles. The van der Waals surface area contributed by atoms with Crippen molar-refractivity contribution in [1.29, 1.82) is 0 Å². The normalized spacial score (nSPS) is 10.5. The van der Waals surface area contributed by atoms with Crippen LogP contribution in [0.2, 0.25) is 0 Å². The Morgan fingerprint density at radius 2 is 1.58 bits per heavy atom. The van der Waals surface area contributed by atoms with Crippen LogP contribution in [0.5, 0.6) is 0 Å². The van der Waals surface area contributed by atoms with Crippen molar-refractivity contribution in [3.63, 3.8) is 0 Å². The maximum absolute atomic E-state index is 13.0. The van der Waals surface area contributed by atoms with Crippen molar-refractivity contribution in [3.05, 3.63) is 69.4 Å². The lowest BCUT2D eigenvalue weighted by Crippen LogP contribution is -2.05. The van der Waals surface area contributed by atoms with E-state index in [1.54, 1.807) is 0 Å². The van der Waals surface area contributed by atoms with E-state index in [1.807, 2.05) is 0 Å². The zero-order valence-corrected chi connectivity index (χ0v) is 11.2. The van der Waals surface area contributed by atoms with E-state index >= 15 is 0 Å². The average molecular weight is 329 g/mol. The molecule has 0 aliphatic carbocycles. The Hall–Kier alpha value is -1.62. The number of ketones is 1. The van der Waals surface area contributed by atoms with Gasteiger partial charge in [0.1, 0.15) is 17.5 Å². The Kier molecular flexibility index (Phi) is 4.04. The molecule has 2 aromatic carbocycles. The second-order valence-corrected chi connectivity index (χ2v) is 4.85. The molecule has 2 aromatic rings. The van der Waals surface area contributed by atoms with Crippen molar-refractivity contribution in [2.75, 3.05) is 0 Å². The van der Waals surface area contributed by atoms with E-state index in [-0.39, 0.29) is 12.0 Å². The number of hydrogen-bond donors (Lipinski definition) is 0. The van der Waals surface area contributed by atoms with Crippen molar-refractivity contribution in [3.8, 4) is 0 Å². The average Bonchev–Trinajstić information content (AvgIpc) is 2.31. The largest absolute Gasteiger partial charge is 0.294 e. The third kappa shape index (κ3) is 3.44. The molecule has 1 nitrogen and oxygen atoms in total. The third-order valence-electron chi connectivity index (χ3n) is 2.55. The summed E-state index contributed by atoms with van der Waals surface area (Å²) < 4.78 is 39.4. The summed E-state index contributed by atoms with van der Waals surface area (Å²) in [4.78, 5) is 11.9. The molecule has 0 atom stereocenters. The van der Waals surface area contributed by atoms with Gasteiger partial charge in [0.15, 0.2) is 5.78 Å². The van der Waals surface area contributed by atoms with Crippen LogP contribution in [-0.4, -0.2) is 5.78 Å². The number of hydrogen-bond acceptors (Lipinski definition) is 1. The predicted octanol–water partition coefficient (Wildman–Crippen LogP) is 4.29. The molecular weight excluding hydrogens is 321 g/mol. The van der Waals surface area contributed by atoms with Crippen LogP contribution >= 0.6 is 15.9 Å². The number of halogens is 4. The highest BCUT2D eigenvalue weighted by Gasteiger charge is 2.12. The molecule has 5 heteroatoms. The summed E-state index contributed by atoms with van der Waals surface area (Å²) >= 11 is 3.14. The molecule has 0 aromatic heterocycles. The van der Waals surface area contributed by atoms with Crippen molar-refractivity contribution < 1.29 is 18.0 Å². The molecule has 0 aliphatic rings. The molecule has 0 bridgehead atoms. The van der Waals surface area contributed by atoms with Crippen LogP contribution in [-0.2, 0) is 6.42 Å². The number of rotatable bonds is 3. The summed E-state index contributed by atoms with van der Waals surface area (Å²) in [7, 11) is 0. The van der Waals surface area contributed by atoms with E-state index in [2.05, 4.69) is 15.9 Å². The standard InChI is InChI=1S/C14H8BrF3O/c15-13-7-10(16)2-1-8(13)5-14(19)9-3-11(17)6-12(18)4-9/h1-4,6-7H,5H2. The molecule has 0 fully saturated rings. The molecule has 0 heterocycles. The fourth-order valence-electron chi connectivity index (χ4n) is 1.65. The fraction of sp³-hybridized carbons (Fsp3) is 0.0714. The highest BCUT2D eigenvalue weighted by atomic mass is 79.9. The van der Waals surface area contributed by atoms with Gasteiger partial charge in [0, 0.05) is 22.5 Å². The summed E-state index contributed by atoms with van der Waals surface area (Å²) in [6.45, 7) is 0. The summed E-state index contributed by atoms with van der Waals surface area (Å²) in [5, 5.41) is 0. The summed E-state index contributed by atoms with van der Waals surface area (Å²) in [5.74, 6) is -2.48. The van der Waals surface area contributed by atoms with Gasteiger partial charge in [-0.25, -0.2) is 13.2 Å². The Balaban J connectivity index is 2.25. The van der Waals surface area contributed by atoms with Gasteiger partial charge in [-0.2, -0.15) is 0 Å². The second-order valence-electron chi connectivity index (χ2n) is 3.99. The lowest BCUT2D eigenvalue weighted by atomic mass is 10.0. The van der Waals surface area contributed by atoms with Crippen LogP contribution in [0, 0.1) is 17.5 Å². The molecule has 0 radical (unpaired) electrons. The third-order valence-corrected chi connectivity index (χ3v) is 3.29. The molecule has 0 unspecified atom stereocenters. The van der Waals surface area contributed by atoms with Gasteiger partial charge < -0.3 is 0 Å². The lowest BCUT2D eigenvalue weighted by Gasteiger charge is -2.05. The molecule has 2 rings (SSSR count). The Bertz CT molecular complexity index is 620. The zero-order valence-electron chi connectivity index (χ0n) is 9.59. The minimum atomic E-state index is -0.804. The number of Topliss-reactive ketones (excluding diaryl/α,β-unsaturated/α-hetero) is 1. The molecule has 0 spiro atoms. The monoisotopic (exact) mass is 328 g/mol. The van der Waals surface area contributed by atoms with Gasteiger partial charge in [0.2, 0.25) is 0 Å². The van der Waals surface area contributed by atoms with E-state index in [4.69, 9.17) is 0 Å². The predicted molar refractivity (Wildman–Crippen MR) is 68.5 cm³/mol. The van der Waals surface area contributed by atoms with Crippen LogP contribution in [0.1, 0.15) is 15.9 Å². The van der Waals surface area contributed by atoms with Crippen molar-refractivity contribution in [1.82, 2.24) is 0 Å². The first-order chi connectivity index (χ1) is 8.95. The van der Waals surface area contributed by atoms with Crippen molar-refractivity contribution >= 4 is 21.7 Å². The topological polar surface area (TPSA) is 17.1 Å². The SMILES string of the molecule is O=C(Cc1ccc(F)cc1Br)c1cc(F)cc(F)c1. The lowest BCUT2D eigenvalue weighted by molar-refractivity contribution is 0.0992. The van der Waals surface area contributed by atoms with Crippen molar-refractivity contribution in [2.24, 2.45) is 0 Å². The summed E-state index contributed by atoms with van der Waals surface area (Å²) in [5.41, 5.74) is 0.504. The highest BCUT2D eigenvalue weighted by Crippen LogP contribution is 2.20. The summed E-state index contributed by atoms with van der Waals surface area (Å²) in [6, 6.07) is 6.55. The van der Waals surface area contributed by atoms with E-state index in [0.717, 1.165) is 12.1 Å². The van der Waals surface area contributed by atoms with Gasteiger partial charge in [0.05, 0.1) is 0 Å². The maximum Gasteiger partial charge on any atom is 0.167 e.